The lowest BCUT2D eigenvalue weighted by Crippen LogP contribution is -2.35. The quantitative estimate of drug-likeness (QED) is 0.889. The molecule has 0 aromatic heterocycles. The van der Waals surface area contributed by atoms with Gasteiger partial charge in [0.15, 0.2) is 11.5 Å². The lowest BCUT2D eigenvalue weighted by molar-refractivity contribution is -0.123. The van der Waals surface area contributed by atoms with Gasteiger partial charge in [0.25, 0.3) is 0 Å². The Labute approximate surface area is 124 Å². The van der Waals surface area contributed by atoms with Crippen molar-refractivity contribution in [3.05, 3.63) is 18.2 Å². The lowest BCUT2D eigenvalue weighted by atomic mass is 10.2. The molecule has 1 heterocycles. The SMILES string of the molecule is CCOc1ccc(N2CCC(=O)NCC2=O)cc1OCC. The normalized spacial score (nSPS) is 15.4. The molecule has 1 saturated heterocycles. The molecule has 21 heavy (non-hydrogen) atoms. The van der Waals surface area contributed by atoms with Crippen molar-refractivity contribution in [3.8, 4) is 11.5 Å². The van der Waals surface area contributed by atoms with Gasteiger partial charge in [0.2, 0.25) is 11.8 Å². The lowest BCUT2D eigenvalue weighted by Gasteiger charge is -2.21. The van der Waals surface area contributed by atoms with Gasteiger partial charge in [-0.05, 0) is 26.0 Å². The van der Waals surface area contributed by atoms with E-state index in [1.807, 2.05) is 13.8 Å². The summed E-state index contributed by atoms with van der Waals surface area (Å²) in [5, 5.41) is 2.58. The van der Waals surface area contributed by atoms with Crippen LogP contribution in [-0.4, -0.2) is 38.1 Å². The van der Waals surface area contributed by atoms with E-state index < -0.39 is 0 Å². The van der Waals surface area contributed by atoms with Crippen molar-refractivity contribution in [3.63, 3.8) is 0 Å². The van der Waals surface area contributed by atoms with E-state index in [9.17, 15) is 9.59 Å². The van der Waals surface area contributed by atoms with Gasteiger partial charge in [0, 0.05) is 24.7 Å². The Bertz CT molecular complexity index is 530. The Morgan fingerprint density at radius 2 is 1.86 bits per heavy atom. The van der Waals surface area contributed by atoms with E-state index in [0.717, 1.165) is 0 Å². The van der Waals surface area contributed by atoms with Gasteiger partial charge in [-0.2, -0.15) is 0 Å². The number of hydrogen-bond acceptors (Lipinski definition) is 4. The molecule has 114 valence electrons. The summed E-state index contributed by atoms with van der Waals surface area (Å²) in [5.41, 5.74) is 0.711. The number of ether oxygens (including phenoxy) is 2. The third-order valence-electron chi connectivity index (χ3n) is 3.14. The molecule has 0 aliphatic carbocycles. The number of carbonyl (C=O) groups is 2. The number of amides is 2. The van der Waals surface area contributed by atoms with Crippen molar-refractivity contribution in [2.45, 2.75) is 20.3 Å². The van der Waals surface area contributed by atoms with Crippen molar-refractivity contribution in [1.82, 2.24) is 5.32 Å². The largest absolute Gasteiger partial charge is 0.490 e. The summed E-state index contributed by atoms with van der Waals surface area (Å²) in [5.74, 6) is 1.02. The number of benzene rings is 1. The molecule has 6 heteroatoms. The Balaban J connectivity index is 2.27. The van der Waals surface area contributed by atoms with Gasteiger partial charge in [-0.25, -0.2) is 0 Å². The summed E-state index contributed by atoms with van der Waals surface area (Å²) in [6.07, 6.45) is 0.295. The highest BCUT2D eigenvalue weighted by Gasteiger charge is 2.22. The Morgan fingerprint density at radius 3 is 2.57 bits per heavy atom. The van der Waals surface area contributed by atoms with Crippen LogP contribution in [0.15, 0.2) is 18.2 Å². The first-order chi connectivity index (χ1) is 10.2. The van der Waals surface area contributed by atoms with Gasteiger partial charge < -0.3 is 19.7 Å². The molecule has 1 aromatic rings. The van der Waals surface area contributed by atoms with Crippen LogP contribution in [-0.2, 0) is 9.59 Å². The van der Waals surface area contributed by atoms with Gasteiger partial charge in [0.1, 0.15) is 0 Å². The van der Waals surface area contributed by atoms with Gasteiger partial charge in [-0.15, -0.1) is 0 Å². The second kappa shape index (κ2) is 6.97. The van der Waals surface area contributed by atoms with Crippen LogP contribution in [0.25, 0.3) is 0 Å². The first-order valence-corrected chi connectivity index (χ1v) is 7.12. The zero-order valence-electron chi connectivity index (χ0n) is 12.3. The average molecular weight is 292 g/mol. The van der Waals surface area contributed by atoms with E-state index in [4.69, 9.17) is 9.47 Å². The molecule has 2 rings (SSSR count). The van der Waals surface area contributed by atoms with Crippen molar-refractivity contribution in [2.24, 2.45) is 0 Å². The highest BCUT2D eigenvalue weighted by Crippen LogP contribution is 2.32. The summed E-state index contributed by atoms with van der Waals surface area (Å²) in [7, 11) is 0. The predicted molar refractivity (Wildman–Crippen MR) is 78.8 cm³/mol. The van der Waals surface area contributed by atoms with Gasteiger partial charge in [-0.3, -0.25) is 9.59 Å². The minimum absolute atomic E-state index is 0.0238. The highest BCUT2D eigenvalue weighted by atomic mass is 16.5. The molecule has 1 aliphatic rings. The van der Waals surface area contributed by atoms with E-state index in [0.29, 0.717) is 43.4 Å². The summed E-state index contributed by atoms with van der Waals surface area (Å²) in [6, 6.07) is 5.38. The molecule has 0 atom stereocenters. The van der Waals surface area contributed by atoms with Crippen molar-refractivity contribution >= 4 is 17.5 Å². The minimum Gasteiger partial charge on any atom is -0.490 e. The molecule has 1 fully saturated rings. The molecule has 0 spiro atoms. The van der Waals surface area contributed by atoms with Crippen LogP contribution in [0.3, 0.4) is 0 Å². The van der Waals surface area contributed by atoms with Gasteiger partial charge in [0.05, 0.1) is 19.8 Å². The minimum atomic E-state index is -0.132. The summed E-state index contributed by atoms with van der Waals surface area (Å²) >= 11 is 0. The molecule has 1 aromatic carbocycles. The molecule has 1 aliphatic heterocycles. The first kappa shape index (κ1) is 15.2. The maximum Gasteiger partial charge on any atom is 0.246 e. The molecule has 6 nitrogen and oxygen atoms in total. The zero-order chi connectivity index (χ0) is 15.2. The standard InChI is InChI=1S/C15H20N2O4/c1-3-20-12-6-5-11(9-13(12)21-4-2)17-8-7-14(18)16-10-15(17)19/h5-6,9H,3-4,7-8,10H2,1-2H3,(H,16,18). The number of hydrogen-bond donors (Lipinski definition) is 1. The van der Waals surface area contributed by atoms with E-state index in [1.165, 1.54) is 0 Å². The average Bonchev–Trinajstić information content (AvgIpc) is 2.64. The predicted octanol–water partition coefficient (Wildman–Crippen LogP) is 1.34. The Kier molecular flexibility index (Phi) is 5.03. The van der Waals surface area contributed by atoms with Crippen LogP contribution in [0.2, 0.25) is 0 Å². The molecule has 0 saturated carbocycles. The van der Waals surface area contributed by atoms with Crippen molar-refractivity contribution < 1.29 is 19.1 Å². The van der Waals surface area contributed by atoms with Gasteiger partial charge in [-0.1, -0.05) is 0 Å². The van der Waals surface area contributed by atoms with Crippen LogP contribution >= 0.6 is 0 Å². The van der Waals surface area contributed by atoms with Crippen LogP contribution in [0.4, 0.5) is 5.69 Å². The maximum atomic E-state index is 12.1. The Hall–Kier alpha value is -2.24. The monoisotopic (exact) mass is 292 g/mol. The number of rotatable bonds is 5. The molecular formula is C15H20N2O4. The van der Waals surface area contributed by atoms with Crippen molar-refractivity contribution in [2.75, 3.05) is 31.2 Å². The number of carbonyl (C=O) groups excluding carboxylic acids is 2. The van der Waals surface area contributed by atoms with E-state index >= 15 is 0 Å². The summed E-state index contributed by atoms with van der Waals surface area (Å²) in [6.45, 7) is 5.24. The molecule has 0 radical (unpaired) electrons. The van der Waals surface area contributed by atoms with Crippen LogP contribution in [0.5, 0.6) is 11.5 Å². The van der Waals surface area contributed by atoms with Crippen LogP contribution in [0, 0.1) is 0 Å². The number of anilines is 1. The third kappa shape index (κ3) is 3.65. The summed E-state index contributed by atoms with van der Waals surface area (Å²) < 4.78 is 11.1. The van der Waals surface area contributed by atoms with Crippen LogP contribution < -0.4 is 19.7 Å². The molecule has 2 amide bonds. The molecule has 0 unspecified atom stereocenters. The fourth-order valence-electron chi connectivity index (χ4n) is 2.18. The zero-order valence-corrected chi connectivity index (χ0v) is 12.3. The third-order valence-corrected chi connectivity index (χ3v) is 3.14. The topological polar surface area (TPSA) is 67.9 Å². The van der Waals surface area contributed by atoms with E-state index in [1.54, 1.807) is 23.1 Å². The second-order valence-corrected chi connectivity index (χ2v) is 4.57. The number of nitrogens with zero attached hydrogens (tertiary/aromatic N) is 1. The smallest absolute Gasteiger partial charge is 0.246 e. The number of nitrogens with one attached hydrogen (secondary N) is 1. The first-order valence-electron chi connectivity index (χ1n) is 7.12. The fourth-order valence-corrected chi connectivity index (χ4v) is 2.18. The van der Waals surface area contributed by atoms with Gasteiger partial charge >= 0.3 is 0 Å². The van der Waals surface area contributed by atoms with E-state index in [2.05, 4.69) is 5.32 Å². The van der Waals surface area contributed by atoms with Crippen molar-refractivity contribution in [1.29, 1.82) is 0 Å². The maximum absolute atomic E-state index is 12.1. The molecule has 0 bridgehead atoms. The molecule has 1 N–H and O–H groups in total. The molecular weight excluding hydrogens is 272 g/mol. The second-order valence-electron chi connectivity index (χ2n) is 4.57. The van der Waals surface area contributed by atoms with Crippen LogP contribution in [0.1, 0.15) is 20.3 Å². The highest BCUT2D eigenvalue weighted by molar-refractivity contribution is 5.99. The Morgan fingerprint density at radius 1 is 1.14 bits per heavy atom. The summed E-state index contributed by atoms with van der Waals surface area (Å²) in [4.78, 5) is 25.1. The fraction of sp³-hybridized carbons (Fsp3) is 0.467. The van der Waals surface area contributed by atoms with E-state index in [-0.39, 0.29) is 18.4 Å².